The number of likely N-dealkylation sites (N-methyl/N-ethyl adjacent to an activating group) is 1. The Bertz CT molecular complexity index is 1630. The van der Waals surface area contributed by atoms with E-state index < -0.39 is 12.1 Å². The molecule has 0 saturated carbocycles. The zero-order valence-corrected chi connectivity index (χ0v) is 24.0. The van der Waals surface area contributed by atoms with Crippen molar-refractivity contribution in [1.82, 2.24) is 14.8 Å². The molecule has 2 amide bonds. The molecular formula is C34H33N5O4. The second kappa shape index (κ2) is 12.1. The van der Waals surface area contributed by atoms with Crippen LogP contribution in [0.25, 0.3) is 11.1 Å². The summed E-state index contributed by atoms with van der Waals surface area (Å²) >= 11 is 0. The minimum Gasteiger partial charge on any atom is -0.478 e. The molecule has 6 rings (SSSR count). The molecule has 43 heavy (non-hydrogen) atoms. The van der Waals surface area contributed by atoms with Crippen molar-refractivity contribution in [1.29, 1.82) is 0 Å². The summed E-state index contributed by atoms with van der Waals surface area (Å²) in [5.41, 5.74) is 5.94. The average molecular weight is 576 g/mol. The molecular weight excluding hydrogens is 542 g/mol. The molecule has 0 bridgehead atoms. The third-order valence-electron chi connectivity index (χ3n) is 8.35. The van der Waals surface area contributed by atoms with Gasteiger partial charge in [-0.25, -0.2) is 4.79 Å². The number of amides is 2. The summed E-state index contributed by atoms with van der Waals surface area (Å²) in [6.45, 7) is 4.10. The fraction of sp³-hybridized carbons (Fsp3) is 0.235. The van der Waals surface area contributed by atoms with E-state index in [9.17, 15) is 19.5 Å². The Kier molecular flexibility index (Phi) is 7.89. The van der Waals surface area contributed by atoms with Crippen molar-refractivity contribution >= 4 is 29.7 Å². The van der Waals surface area contributed by atoms with Gasteiger partial charge in [0.05, 0.1) is 11.1 Å². The Hall–Kier alpha value is -5.02. The standard InChI is InChI=1S/C34H33N5O4/c1-36-16-18-37(19-17-36)31-9-5-8-30-29(31)14-15-38(32(30)39(23-40)28-12-10-25(11-13-28)34(42)43)33(41)27-20-26(21-35-22-27)24-6-3-2-4-7-24/h2-13,20-23,32H,14-19H2,1H3,(H,42,43). The van der Waals surface area contributed by atoms with Gasteiger partial charge in [-0.15, -0.1) is 0 Å². The fourth-order valence-corrected chi connectivity index (χ4v) is 6.03. The molecule has 1 aromatic heterocycles. The number of anilines is 2. The largest absolute Gasteiger partial charge is 0.478 e. The third-order valence-corrected chi connectivity index (χ3v) is 8.35. The van der Waals surface area contributed by atoms with Crippen molar-refractivity contribution in [3.63, 3.8) is 0 Å². The molecule has 2 aliphatic rings. The number of piperazine rings is 1. The first-order valence-electron chi connectivity index (χ1n) is 14.4. The Balaban J connectivity index is 1.43. The second-order valence-electron chi connectivity index (χ2n) is 11.0. The van der Waals surface area contributed by atoms with Crippen LogP contribution in [0.4, 0.5) is 11.4 Å². The predicted molar refractivity (Wildman–Crippen MR) is 165 cm³/mol. The number of hydrogen-bond donors (Lipinski definition) is 1. The van der Waals surface area contributed by atoms with E-state index in [2.05, 4.69) is 27.9 Å². The smallest absolute Gasteiger partial charge is 0.335 e. The van der Waals surface area contributed by atoms with Crippen LogP contribution in [0.3, 0.4) is 0 Å². The number of carbonyl (C=O) groups is 3. The van der Waals surface area contributed by atoms with Gasteiger partial charge in [0.2, 0.25) is 6.41 Å². The summed E-state index contributed by atoms with van der Waals surface area (Å²) in [7, 11) is 2.12. The van der Waals surface area contributed by atoms with E-state index in [1.807, 2.05) is 48.5 Å². The lowest BCUT2D eigenvalue weighted by Gasteiger charge is -2.44. The van der Waals surface area contributed by atoms with Crippen LogP contribution in [-0.2, 0) is 11.2 Å². The Morgan fingerprint density at radius 2 is 1.60 bits per heavy atom. The zero-order chi connectivity index (χ0) is 29.9. The van der Waals surface area contributed by atoms with Crippen molar-refractivity contribution in [3.8, 4) is 11.1 Å². The SMILES string of the molecule is CN1CCN(c2cccc3c2CCN(C(=O)c2cncc(-c4ccccc4)c2)C3N(C=O)c2ccc(C(=O)O)cc2)CC1. The number of carboxylic acids is 1. The van der Waals surface area contributed by atoms with Crippen LogP contribution in [0.5, 0.6) is 0 Å². The molecule has 3 heterocycles. The molecule has 1 fully saturated rings. The first-order chi connectivity index (χ1) is 20.9. The van der Waals surface area contributed by atoms with E-state index in [0.717, 1.165) is 60.5 Å². The van der Waals surface area contributed by atoms with Gasteiger partial charge in [-0.3, -0.25) is 19.5 Å². The van der Waals surface area contributed by atoms with E-state index >= 15 is 0 Å². The molecule has 1 saturated heterocycles. The maximum Gasteiger partial charge on any atom is 0.335 e. The minimum absolute atomic E-state index is 0.118. The van der Waals surface area contributed by atoms with Gasteiger partial charge in [0.25, 0.3) is 5.91 Å². The Morgan fingerprint density at radius 1 is 0.860 bits per heavy atom. The van der Waals surface area contributed by atoms with E-state index in [0.29, 0.717) is 24.2 Å². The van der Waals surface area contributed by atoms with E-state index in [-0.39, 0.29) is 11.5 Å². The number of hydrogen-bond acceptors (Lipinski definition) is 6. The molecule has 4 aromatic rings. The first-order valence-corrected chi connectivity index (χ1v) is 14.4. The van der Waals surface area contributed by atoms with E-state index in [1.165, 1.54) is 17.0 Å². The predicted octanol–water partition coefficient (Wildman–Crippen LogP) is 4.56. The fourth-order valence-electron chi connectivity index (χ4n) is 6.03. The topological polar surface area (TPSA) is 97.3 Å². The molecule has 0 radical (unpaired) electrons. The molecule has 0 aliphatic carbocycles. The zero-order valence-electron chi connectivity index (χ0n) is 24.0. The molecule has 9 nitrogen and oxygen atoms in total. The Labute approximate surface area is 250 Å². The monoisotopic (exact) mass is 575 g/mol. The van der Waals surface area contributed by atoms with Gasteiger partial charge in [0, 0.05) is 67.6 Å². The minimum atomic E-state index is -1.05. The molecule has 218 valence electrons. The summed E-state index contributed by atoms with van der Waals surface area (Å²) in [6.07, 6.45) is 3.92. The lowest BCUT2D eigenvalue weighted by atomic mass is 9.92. The van der Waals surface area contributed by atoms with Gasteiger partial charge in [-0.1, -0.05) is 42.5 Å². The highest BCUT2D eigenvalue weighted by atomic mass is 16.4. The quantitative estimate of drug-likeness (QED) is 0.323. The number of aromatic nitrogens is 1. The summed E-state index contributed by atoms with van der Waals surface area (Å²) < 4.78 is 0. The van der Waals surface area contributed by atoms with Gasteiger partial charge in [-0.2, -0.15) is 0 Å². The van der Waals surface area contributed by atoms with Crippen molar-refractivity contribution < 1.29 is 19.5 Å². The van der Waals surface area contributed by atoms with Crippen LogP contribution in [0.15, 0.2) is 91.3 Å². The lowest BCUT2D eigenvalue weighted by molar-refractivity contribution is -0.108. The van der Waals surface area contributed by atoms with E-state index in [1.54, 1.807) is 29.4 Å². The van der Waals surface area contributed by atoms with Gasteiger partial charge in [0.1, 0.15) is 6.17 Å². The molecule has 2 aliphatic heterocycles. The van der Waals surface area contributed by atoms with Crippen LogP contribution in [-0.4, -0.2) is 77.9 Å². The molecule has 1 unspecified atom stereocenters. The maximum absolute atomic E-state index is 14.3. The van der Waals surface area contributed by atoms with E-state index in [4.69, 9.17) is 0 Å². The normalized spacial score (nSPS) is 16.8. The number of fused-ring (bicyclic) bond motifs is 1. The first kappa shape index (κ1) is 28.1. The second-order valence-corrected chi connectivity index (χ2v) is 11.0. The lowest BCUT2D eigenvalue weighted by Crippen LogP contribution is -2.49. The van der Waals surface area contributed by atoms with Gasteiger partial charge >= 0.3 is 5.97 Å². The number of aromatic carboxylic acids is 1. The maximum atomic E-state index is 14.3. The third kappa shape index (κ3) is 5.59. The summed E-state index contributed by atoms with van der Waals surface area (Å²) in [6, 6.07) is 23.9. The van der Waals surface area contributed by atoms with Crippen molar-refractivity contribution in [2.45, 2.75) is 12.6 Å². The Morgan fingerprint density at radius 3 is 2.30 bits per heavy atom. The van der Waals surface area contributed by atoms with Crippen molar-refractivity contribution in [2.75, 3.05) is 49.6 Å². The number of carbonyl (C=O) groups excluding carboxylic acids is 2. The number of benzene rings is 3. The van der Waals surface area contributed by atoms with Gasteiger partial charge < -0.3 is 19.8 Å². The number of pyridine rings is 1. The molecule has 3 aromatic carbocycles. The van der Waals surface area contributed by atoms with Crippen LogP contribution >= 0.6 is 0 Å². The summed E-state index contributed by atoms with van der Waals surface area (Å²) in [5.74, 6) is -1.29. The summed E-state index contributed by atoms with van der Waals surface area (Å²) in [4.78, 5) is 50.9. The molecule has 1 atom stereocenters. The van der Waals surface area contributed by atoms with Crippen LogP contribution in [0.1, 0.15) is 38.0 Å². The highest BCUT2D eigenvalue weighted by molar-refractivity contribution is 5.96. The number of rotatable bonds is 7. The summed E-state index contributed by atoms with van der Waals surface area (Å²) in [5, 5.41) is 9.42. The van der Waals surface area contributed by atoms with Gasteiger partial charge in [-0.05, 0) is 61.0 Å². The molecule has 9 heteroatoms. The molecule has 1 N–H and O–H groups in total. The van der Waals surface area contributed by atoms with Gasteiger partial charge in [0.15, 0.2) is 0 Å². The van der Waals surface area contributed by atoms with Crippen LogP contribution < -0.4 is 9.80 Å². The van der Waals surface area contributed by atoms with Crippen LogP contribution in [0, 0.1) is 0 Å². The average Bonchev–Trinajstić information content (AvgIpc) is 3.05. The van der Waals surface area contributed by atoms with Crippen molar-refractivity contribution in [2.24, 2.45) is 0 Å². The highest BCUT2D eigenvalue weighted by Gasteiger charge is 2.38. The van der Waals surface area contributed by atoms with Crippen molar-refractivity contribution in [3.05, 3.63) is 114 Å². The van der Waals surface area contributed by atoms with Crippen LogP contribution in [0.2, 0.25) is 0 Å². The molecule has 0 spiro atoms. The number of nitrogens with zero attached hydrogens (tertiary/aromatic N) is 5. The highest BCUT2D eigenvalue weighted by Crippen LogP contribution is 2.40. The number of carboxylic acid groups (broad SMARTS) is 1.